The predicted molar refractivity (Wildman–Crippen MR) is 147 cm³/mol. The number of rotatable bonds is 7. The molecule has 1 amide bonds. The Labute approximate surface area is 232 Å². The number of carbonyl (C=O) groups excluding carboxylic acids is 2. The van der Waals surface area contributed by atoms with Gasteiger partial charge in [-0.25, -0.2) is 0 Å². The topological polar surface area (TPSA) is 111 Å². The monoisotopic (exact) mass is 543 g/mol. The molecule has 4 atom stereocenters. The molecule has 7 rings (SSSR count). The molecule has 2 heterocycles. The van der Waals surface area contributed by atoms with Gasteiger partial charge in [0.15, 0.2) is 22.9 Å². The van der Waals surface area contributed by atoms with Gasteiger partial charge in [-0.05, 0) is 86.9 Å². The molecule has 9 nitrogen and oxygen atoms in total. The number of hydrogen-bond acceptors (Lipinski definition) is 7. The molecule has 0 aromatic heterocycles. The van der Waals surface area contributed by atoms with E-state index in [9.17, 15) is 19.7 Å². The number of nitro benzene ring substituents is 1. The van der Waals surface area contributed by atoms with Crippen LogP contribution in [0.4, 0.5) is 5.69 Å². The minimum Gasteiger partial charge on any atom is -0.493 e. The van der Waals surface area contributed by atoms with Crippen molar-refractivity contribution in [1.29, 1.82) is 0 Å². The van der Waals surface area contributed by atoms with Crippen LogP contribution in [0.3, 0.4) is 0 Å². The second kappa shape index (κ2) is 8.64. The molecule has 3 aliphatic carbocycles. The first-order valence-corrected chi connectivity index (χ1v) is 14.1. The molecule has 5 aliphatic rings. The van der Waals surface area contributed by atoms with Crippen LogP contribution in [0.15, 0.2) is 42.5 Å². The van der Waals surface area contributed by atoms with Crippen LogP contribution in [-0.2, 0) is 21.4 Å². The molecule has 2 aromatic rings. The zero-order chi connectivity index (χ0) is 27.9. The van der Waals surface area contributed by atoms with Crippen molar-refractivity contribution in [2.24, 2.45) is 5.92 Å². The van der Waals surface area contributed by atoms with E-state index in [4.69, 9.17) is 9.47 Å². The first-order valence-electron chi connectivity index (χ1n) is 14.1. The normalized spacial score (nSPS) is 31.9. The van der Waals surface area contributed by atoms with Gasteiger partial charge in [-0.15, -0.1) is 0 Å². The van der Waals surface area contributed by atoms with Crippen LogP contribution in [0.1, 0.15) is 55.7 Å². The lowest BCUT2D eigenvalue weighted by Crippen LogP contribution is -2.84. The van der Waals surface area contributed by atoms with E-state index in [2.05, 4.69) is 16.3 Å². The predicted octanol–water partition coefficient (Wildman–Crippen LogP) is 3.96. The van der Waals surface area contributed by atoms with Gasteiger partial charge in [-0.1, -0.05) is 6.07 Å². The van der Waals surface area contributed by atoms with E-state index in [-0.39, 0.29) is 23.4 Å². The van der Waals surface area contributed by atoms with Gasteiger partial charge in [0, 0.05) is 42.8 Å². The van der Waals surface area contributed by atoms with Gasteiger partial charge in [0.25, 0.3) is 5.69 Å². The number of hydrogen-bond donors (Lipinski definition) is 1. The first kappa shape index (κ1) is 25.3. The smallest absolute Gasteiger partial charge is 0.269 e. The van der Waals surface area contributed by atoms with Crippen LogP contribution in [0.2, 0.25) is 0 Å². The van der Waals surface area contributed by atoms with E-state index < -0.39 is 21.5 Å². The van der Waals surface area contributed by atoms with Crippen LogP contribution >= 0.6 is 0 Å². The van der Waals surface area contributed by atoms with Crippen LogP contribution in [0.25, 0.3) is 6.08 Å². The molecule has 2 bridgehead atoms. The summed E-state index contributed by atoms with van der Waals surface area (Å²) < 4.78 is 12.4. The summed E-state index contributed by atoms with van der Waals surface area (Å²) in [5, 5.41) is 14.5. The Hall–Kier alpha value is -3.72. The Balaban J connectivity index is 1.33. The molecule has 2 aliphatic heterocycles. The third-order valence-electron chi connectivity index (χ3n) is 10.3. The van der Waals surface area contributed by atoms with Crippen molar-refractivity contribution >= 4 is 23.5 Å². The highest BCUT2D eigenvalue weighted by Gasteiger charge is 2.78. The molecule has 1 N–H and O–H groups in total. The molecule has 0 radical (unpaired) electrons. The van der Waals surface area contributed by atoms with Gasteiger partial charge >= 0.3 is 0 Å². The fraction of sp³-hybridized carbons (Fsp3) is 0.484. The minimum atomic E-state index is -1.11. The molecule has 3 fully saturated rings. The van der Waals surface area contributed by atoms with E-state index >= 15 is 0 Å². The number of ketones is 1. The van der Waals surface area contributed by atoms with E-state index in [1.54, 1.807) is 25.3 Å². The Bertz CT molecular complexity index is 1470. The maximum Gasteiger partial charge on any atom is 0.269 e. The molecule has 208 valence electrons. The van der Waals surface area contributed by atoms with Crippen molar-refractivity contribution in [3.05, 3.63) is 69.3 Å². The second-order valence-electron chi connectivity index (χ2n) is 12.1. The van der Waals surface area contributed by atoms with Gasteiger partial charge in [0.05, 0.1) is 23.0 Å². The average Bonchev–Trinajstić information content (AvgIpc) is 3.71. The third-order valence-corrected chi connectivity index (χ3v) is 10.3. The highest BCUT2D eigenvalue weighted by Crippen LogP contribution is 2.68. The van der Waals surface area contributed by atoms with Crippen LogP contribution < -0.4 is 14.8 Å². The van der Waals surface area contributed by atoms with E-state index in [1.807, 2.05) is 13.0 Å². The van der Waals surface area contributed by atoms with Gasteiger partial charge in [-0.2, -0.15) is 0 Å². The molecular formula is C31H33N3O6. The van der Waals surface area contributed by atoms with Crippen molar-refractivity contribution in [1.82, 2.24) is 10.2 Å². The Morgan fingerprint density at radius 1 is 1.23 bits per heavy atom. The Morgan fingerprint density at radius 2 is 2.00 bits per heavy atom. The van der Waals surface area contributed by atoms with Crippen LogP contribution in [0.5, 0.6) is 11.5 Å². The van der Waals surface area contributed by atoms with E-state index in [0.717, 1.165) is 25.1 Å². The molecule has 1 saturated heterocycles. The van der Waals surface area contributed by atoms with Crippen molar-refractivity contribution in [3.8, 4) is 11.5 Å². The lowest BCUT2D eigenvalue weighted by atomic mass is 9.43. The van der Waals surface area contributed by atoms with Crippen LogP contribution in [0, 0.1) is 16.0 Å². The molecular weight excluding hydrogens is 510 g/mol. The summed E-state index contributed by atoms with van der Waals surface area (Å²) in [6.45, 7) is 3.77. The zero-order valence-corrected chi connectivity index (χ0v) is 22.8. The quantitative estimate of drug-likeness (QED) is 0.320. The zero-order valence-electron chi connectivity index (χ0n) is 22.8. The molecule has 40 heavy (non-hydrogen) atoms. The van der Waals surface area contributed by atoms with E-state index in [1.165, 1.54) is 36.6 Å². The lowest BCUT2D eigenvalue weighted by Gasteiger charge is -2.67. The summed E-state index contributed by atoms with van der Waals surface area (Å²) in [6, 6.07) is 10.2. The van der Waals surface area contributed by atoms with Crippen molar-refractivity contribution in [2.45, 2.75) is 68.0 Å². The largest absolute Gasteiger partial charge is 0.493 e. The van der Waals surface area contributed by atoms with Gasteiger partial charge in [-0.3, -0.25) is 24.6 Å². The second-order valence-corrected chi connectivity index (χ2v) is 12.1. The number of nitrogens with zero attached hydrogens (tertiary/aromatic N) is 2. The number of amides is 1. The summed E-state index contributed by atoms with van der Waals surface area (Å²) in [6.07, 6.45) is 7.99. The summed E-state index contributed by atoms with van der Waals surface area (Å²) in [7, 11) is 1.62. The summed E-state index contributed by atoms with van der Waals surface area (Å²) in [5.41, 5.74) is 0.369. The first-order chi connectivity index (χ1) is 19.2. The fourth-order valence-electron chi connectivity index (χ4n) is 8.31. The average molecular weight is 544 g/mol. The van der Waals surface area contributed by atoms with Crippen molar-refractivity contribution in [3.63, 3.8) is 0 Å². The number of carbonyl (C=O) groups is 2. The van der Waals surface area contributed by atoms with Gasteiger partial charge in [0.2, 0.25) is 5.91 Å². The number of ether oxygens (including phenoxy) is 2. The Kier molecular flexibility index (Phi) is 5.45. The highest BCUT2D eigenvalue weighted by atomic mass is 16.6. The number of likely N-dealkylation sites (tertiary alicyclic amines) is 1. The maximum atomic E-state index is 13.8. The maximum absolute atomic E-state index is 13.8. The number of benzene rings is 2. The SMILES string of the molecule is COc1ccc2c3c1O[C@@]1(C)C(=O)CC[C@@]4(NC(=O)/C=C/c5ccc([N+](=O)[O-])cc5)C(C2)N(CC2CC2)CCC314. The number of Topliss-reactive ketones (excluding diaryl/α,β-unsaturated/α-hetero) is 1. The van der Waals surface area contributed by atoms with Gasteiger partial charge in [0.1, 0.15) is 0 Å². The van der Waals surface area contributed by atoms with E-state index in [0.29, 0.717) is 42.2 Å². The summed E-state index contributed by atoms with van der Waals surface area (Å²) in [5.74, 6) is 1.78. The number of piperidine rings is 1. The van der Waals surface area contributed by atoms with Crippen molar-refractivity contribution < 1.29 is 24.0 Å². The third kappa shape index (κ3) is 3.30. The molecule has 2 unspecified atom stereocenters. The number of methoxy groups -OCH3 is 1. The standard InChI is InChI=1S/C31H33N3O6/c1-29-25(35)13-14-31(32-26(36)12-7-19-5-9-22(10-6-19)34(37)38)24-17-21-8-11-23(39-2)28(40-29)27(21)30(29,31)15-16-33(24)18-20-3-4-20/h5-12,20,24H,3-4,13-18H2,1-2H3,(H,32,36)/b12-7+/t24?,29-,30?,31+/m0/s1. The van der Waals surface area contributed by atoms with Gasteiger partial charge < -0.3 is 14.8 Å². The van der Waals surface area contributed by atoms with Crippen molar-refractivity contribution in [2.75, 3.05) is 20.2 Å². The fourth-order valence-corrected chi connectivity index (χ4v) is 8.31. The minimum absolute atomic E-state index is 0.00247. The lowest BCUT2D eigenvalue weighted by molar-refractivity contribution is -0.384. The Morgan fingerprint density at radius 3 is 2.70 bits per heavy atom. The van der Waals surface area contributed by atoms with Crippen LogP contribution in [-0.4, -0.2) is 58.9 Å². The molecule has 1 spiro atoms. The number of non-ortho nitro benzene ring substituents is 1. The highest BCUT2D eigenvalue weighted by molar-refractivity contribution is 5.97. The summed E-state index contributed by atoms with van der Waals surface area (Å²) in [4.78, 5) is 40.6. The summed E-state index contributed by atoms with van der Waals surface area (Å²) >= 11 is 0. The molecule has 9 heteroatoms. The molecule has 2 aromatic carbocycles. The number of nitro groups is 1. The molecule has 2 saturated carbocycles. The number of nitrogens with one attached hydrogen (secondary N) is 1.